The van der Waals surface area contributed by atoms with Gasteiger partial charge in [-0.2, -0.15) is 0 Å². The van der Waals surface area contributed by atoms with Crippen molar-refractivity contribution in [2.75, 3.05) is 7.11 Å². The van der Waals surface area contributed by atoms with Crippen LogP contribution in [0.5, 0.6) is 5.75 Å². The fraction of sp³-hybridized carbons (Fsp3) is 0.222. The van der Waals surface area contributed by atoms with E-state index in [0.29, 0.717) is 23.9 Å². The molecule has 1 N–H and O–H groups in total. The second kappa shape index (κ2) is 7.84. The van der Waals surface area contributed by atoms with Gasteiger partial charge in [0.25, 0.3) is 0 Å². The molecule has 3 rings (SSSR count). The number of ether oxygens (including phenoxy) is 1. The lowest BCUT2D eigenvalue weighted by Gasteiger charge is -2.10. The molecule has 1 aromatic carbocycles. The number of oxazole rings is 1. The number of halogens is 1. The number of nitrogens with one attached hydrogen (secondary N) is 1. The van der Waals surface area contributed by atoms with Gasteiger partial charge in [-0.1, -0.05) is 22.0 Å². The van der Waals surface area contributed by atoms with Gasteiger partial charge >= 0.3 is 0 Å². The van der Waals surface area contributed by atoms with Crippen molar-refractivity contribution in [3.05, 3.63) is 57.2 Å². The molecule has 0 fully saturated rings. The fourth-order valence-electron chi connectivity index (χ4n) is 2.39. The summed E-state index contributed by atoms with van der Waals surface area (Å²) >= 11 is 4.98. The van der Waals surface area contributed by atoms with Gasteiger partial charge in [-0.15, -0.1) is 11.3 Å². The molecule has 0 aliphatic rings. The third kappa shape index (κ3) is 4.29. The van der Waals surface area contributed by atoms with E-state index in [9.17, 15) is 4.79 Å². The molecule has 7 heteroatoms. The van der Waals surface area contributed by atoms with E-state index in [1.807, 2.05) is 42.6 Å². The number of amides is 1. The van der Waals surface area contributed by atoms with Gasteiger partial charge in [0, 0.05) is 16.6 Å². The van der Waals surface area contributed by atoms with Gasteiger partial charge in [-0.3, -0.25) is 4.79 Å². The molecule has 0 aliphatic heterocycles. The SMILES string of the molecule is COc1ccc(Br)cc1CNC(=O)Cc1nc(-c2cccs2)oc1C. The highest BCUT2D eigenvalue weighted by atomic mass is 79.9. The molecule has 0 unspecified atom stereocenters. The Balaban J connectivity index is 1.65. The van der Waals surface area contributed by atoms with Crippen molar-refractivity contribution in [1.82, 2.24) is 10.3 Å². The molecule has 2 aromatic heterocycles. The first-order valence-corrected chi connectivity index (χ1v) is 9.33. The topological polar surface area (TPSA) is 64.4 Å². The van der Waals surface area contributed by atoms with Crippen LogP contribution in [-0.2, 0) is 17.8 Å². The Labute approximate surface area is 158 Å². The van der Waals surface area contributed by atoms with Gasteiger partial charge in [0.05, 0.1) is 24.1 Å². The van der Waals surface area contributed by atoms with Crippen LogP contribution in [0.1, 0.15) is 17.0 Å². The first kappa shape index (κ1) is 17.7. The Kier molecular flexibility index (Phi) is 5.55. The summed E-state index contributed by atoms with van der Waals surface area (Å²) in [5.74, 6) is 1.85. The van der Waals surface area contributed by atoms with E-state index >= 15 is 0 Å². The summed E-state index contributed by atoms with van der Waals surface area (Å²) in [6.45, 7) is 2.21. The average Bonchev–Trinajstić information content (AvgIpc) is 3.23. The van der Waals surface area contributed by atoms with Gasteiger partial charge in [0.2, 0.25) is 11.8 Å². The van der Waals surface area contributed by atoms with Gasteiger partial charge in [0.1, 0.15) is 11.5 Å². The van der Waals surface area contributed by atoms with Crippen LogP contribution in [0.15, 0.2) is 44.6 Å². The molecular formula is C18H17BrN2O3S. The first-order valence-electron chi connectivity index (χ1n) is 7.66. The Morgan fingerprint density at radius 1 is 1.40 bits per heavy atom. The highest BCUT2D eigenvalue weighted by Crippen LogP contribution is 2.26. The predicted molar refractivity (Wildman–Crippen MR) is 101 cm³/mol. The molecule has 0 aliphatic carbocycles. The Morgan fingerprint density at radius 2 is 2.24 bits per heavy atom. The van der Waals surface area contributed by atoms with E-state index in [4.69, 9.17) is 9.15 Å². The summed E-state index contributed by atoms with van der Waals surface area (Å²) in [6.07, 6.45) is 0.178. The number of thiophene rings is 1. The third-order valence-electron chi connectivity index (χ3n) is 3.67. The molecule has 1 amide bonds. The van der Waals surface area contributed by atoms with E-state index in [2.05, 4.69) is 26.2 Å². The fourth-order valence-corrected chi connectivity index (χ4v) is 3.45. The highest BCUT2D eigenvalue weighted by molar-refractivity contribution is 9.10. The zero-order valence-electron chi connectivity index (χ0n) is 13.8. The lowest BCUT2D eigenvalue weighted by molar-refractivity contribution is -0.120. The van der Waals surface area contributed by atoms with Gasteiger partial charge < -0.3 is 14.5 Å². The van der Waals surface area contributed by atoms with Crippen LogP contribution < -0.4 is 10.1 Å². The van der Waals surface area contributed by atoms with Crippen molar-refractivity contribution >= 4 is 33.2 Å². The smallest absolute Gasteiger partial charge is 0.236 e. The molecule has 130 valence electrons. The normalized spacial score (nSPS) is 10.7. The van der Waals surface area contributed by atoms with Crippen molar-refractivity contribution in [2.24, 2.45) is 0 Å². The van der Waals surface area contributed by atoms with E-state index in [0.717, 1.165) is 20.7 Å². The number of hydrogen-bond donors (Lipinski definition) is 1. The maximum Gasteiger partial charge on any atom is 0.236 e. The molecule has 0 radical (unpaired) electrons. The Hall–Kier alpha value is -2.12. The highest BCUT2D eigenvalue weighted by Gasteiger charge is 2.15. The molecule has 0 bridgehead atoms. The third-order valence-corrected chi connectivity index (χ3v) is 5.02. The molecule has 5 nitrogen and oxygen atoms in total. The maximum absolute atomic E-state index is 12.3. The number of aromatic nitrogens is 1. The van der Waals surface area contributed by atoms with Crippen LogP contribution >= 0.6 is 27.3 Å². The minimum absolute atomic E-state index is 0.115. The minimum atomic E-state index is -0.115. The van der Waals surface area contributed by atoms with Gasteiger partial charge in [-0.25, -0.2) is 4.98 Å². The van der Waals surface area contributed by atoms with Gasteiger partial charge in [-0.05, 0) is 36.6 Å². The summed E-state index contributed by atoms with van der Waals surface area (Å²) in [7, 11) is 1.61. The van der Waals surface area contributed by atoms with Crippen molar-refractivity contribution in [1.29, 1.82) is 0 Å². The lowest BCUT2D eigenvalue weighted by atomic mass is 10.2. The molecule has 0 saturated carbocycles. The van der Waals surface area contributed by atoms with E-state index in [1.165, 1.54) is 0 Å². The Morgan fingerprint density at radius 3 is 2.96 bits per heavy atom. The molecule has 2 heterocycles. The number of methoxy groups -OCH3 is 1. The van der Waals surface area contributed by atoms with E-state index in [1.54, 1.807) is 18.4 Å². The molecule has 0 saturated heterocycles. The van der Waals surface area contributed by atoms with Crippen LogP contribution in [0.2, 0.25) is 0 Å². The number of aryl methyl sites for hydroxylation is 1. The number of carbonyl (C=O) groups excluding carboxylic acids is 1. The second-order valence-corrected chi connectivity index (χ2v) is 7.27. The van der Waals surface area contributed by atoms with Crippen LogP contribution in [0.25, 0.3) is 10.8 Å². The molecule has 25 heavy (non-hydrogen) atoms. The quantitative estimate of drug-likeness (QED) is 0.643. The van der Waals surface area contributed by atoms with Crippen molar-refractivity contribution in [2.45, 2.75) is 19.9 Å². The molecular weight excluding hydrogens is 404 g/mol. The number of carbonyl (C=O) groups is 1. The van der Waals surface area contributed by atoms with Gasteiger partial charge in [0.15, 0.2) is 0 Å². The molecule has 0 atom stereocenters. The summed E-state index contributed by atoms with van der Waals surface area (Å²) in [6, 6.07) is 9.57. The number of rotatable bonds is 6. The van der Waals surface area contributed by atoms with Crippen molar-refractivity contribution in [3.63, 3.8) is 0 Å². The standard InChI is InChI=1S/C18H17BrN2O3S/c1-11-14(21-18(24-11)16-4-3-7-25-16)9-17(22)20-10-12-8-13(19)5-6-15(12)23-2/h3-8H,9-10H2,1-2H3,(H,20,22). The Bertz CT molecular complexity index is 875. The van der Waals surface area contributed by atoms with Crippen LogP contribution in [-0.4, -0.2) is 18.0 Å². The van der Waals surface area contributed by atoms with Crippen LogP contribution in [0.4, 0.5) is 0 Å². The number of hydrogen-bond acceptors (Lipinski definition) is 5. The largest absolute Gasteiger partial charge is 0.496 e. The van der Waals surface area contributed by atoms with Crippen molar-refractivity contribution in [3.8, 4) is 16.5 Å². The average molecular weight is 421 g/mol. The summed E-state index contributed by atoms with van der Waals surface area (Å²) < 4.78 is 11.9. The summed E-state index contributed by atoms with van der Waals surface area (Å²) in [5.41, 5.74) is 1.56. The van der Waals surface area contributed by atoms with Crippen LogP contribution in [0, 0.1) is 6.92 Å². The van der Waals surface area contributed by atoms with Crippen molar-refractivity contribution < 1.29 is 13.9 Å². The monoisotopic (exact) mass is 420 g/mol. The second-order valence-electron chi connectivity index (χ2n) is 5.41. The predicted octanol–water partition coefficient (Wildman–Crippen LogP) is 4.34. The zero-order chi connectivity index (χ0) is 17.8. The maximum atomic E-state index is 12.3. The summed E-state index contributed by atoms with van der Waals surface area (Å²) in [5, 5.41) is 4.87. The first-order chi connectivity index (χ1) is 12.1. The summed E-state index contributed by atoms with van der Waals surface area (Å²) in [4.78, 5) is 17.7. The van der Waals surface area contributed by atoms with E-state index < -0.39 is 0 Å². The number of benzene rings is 1. The lowest BCUT2D eigenvalue weighted by Crippen LogP contribution is -2.25. The minimum Gasteiger partial charge on any atom is -0.496 e. The van der Waals surface area contributed by atoms with Crippen LogP contribution in [0.3, 0.4) is 0 Å². The number of nitrogens with zero attached hydrogens (tertiary/aromatic N) is 1. The van der Waals surface area contributed by atoms with E-state index in [-0.39, 0.29) is 12.3 Å². The molecule has 3 aromatic rings. The zero-order valence-corrected chi connectivity index (χ0v) is 16.2. The molecule has 0 spiro atoms.